The van der Waals surface area contributed by atoms with Gasteiger partial charge in [0.2, 0.25) is 0 Å². The summed E-state index contributed by atoms with van der Waals surface area (Å²) in [6, 6.07) is 35.5. The number of aldehydes is 1. The Bertz CT molecular complexity index is 1550. The van der Waals surface area contributed by atoms with Crippen LogP contribution in [0.5, 0.6) is 0 Å². The van der Waals surface area contributed by atoms with Crippen molar-refractivity contribution in [1.82, 2.24) is 9.97 Å². The van der Waals surface area contributed by atoms with E-state index in [0.717, 1.165) is 5.56 Å². The molecule has 3 aromatic carbocycles. The van der Waals surface area contributed by atoms with Crippen molar-refractivity contribution in [3.63, 3.8) is 0 Å². The minimum Gasteiger partial charge on any atom is -0.298 e. The molecule has 250 valence electrons. The van der Waals surface area contributed by atoms with Crippen LogP contribution in [0.2, 0.25) is 20.4 Å². The zero-order valence-electron chi connectivity index (χ0n) is 26.9. The minimum absolute atomic E-state index is 0. The van der Waals surface area contributed by atoms with Gasteiger partial charge in [-0.1, -0.05) is 87.3 Å². The predicted octanol–water partition coefficient (Wildman–Crippen LogP) is 7.47. The first-order chi connectivity index (χ1) is 21.6. The third-order valence-electron chi connectivity index (χ3n) is 6.12. The molecule has 0 spiro atoms. The fourth-order valence-electron chi connectivity index (χ4n) is 3.84. The molecule has 5 aromatic rings. The van der Waals surface area contributed by atoms with Crippen molar-refractivity contribution < 1.29 is 61.3 Å². The van der Waals surface area contributed by atoms with Crippen LogP contribution in [-0.4, -0.2) is 28.5 Å². The van der Waals surface area contributed by atoms with Crippen molar-refractivity contribution in [2.75, 3.05) is 6.66 Å². The Hall–Kier alpha value is -0.964. The van der Waals surface area contributed by atoms with Gasteiger partial charge in [0, 0.05) is 18.0 Å². The van der Waals surface area contributed by atoms with Crippen molar-refractivity contribution in [3.05, 3.63) is 154 Å². The van der Waals surface area contributed by atoms with Gasteiger partial charge in [0.15, 0.2) is 6.29 Å². The quantitative estimate of drug-likeness (QED) is 0.0799. The van der Waals surface area contributed by atoms with Gasteiger partial charge >= 0.3 is 186 Å². The Morgan fingerprint density at radius 3 is 1.27 bits per heavy atom. The molecule has 5 rings (SSSR count). The van der Waals surface area contributed by atoms with Gasteiger partial charge in [-0.15, -0.1) is 5.60 Å². The van der Waals surface area contributed by atoms with Gasteiger partial charge in [-0.25, -0.2) is 9.97 Å². The van der Waals surface area contributed by atoms with E-state index in [1.54, 1.807) is 39.1 Å². The molecule has 0 atom stereocenters. The Morgan fingerprint density at radius 2 is 1.00 bits per heavy atom. The summed E-state index contributed by atoms with van der Waals surface area (Å²) >= 11 is 26.5. The summed E-state index contributed by atoms with van der Waals surface area (Å²) in [6.45, 7) is 10.8. The molecule has 0 aliphatic carbocycles. The van der Waals surface area contributed by atoms with Gasteiger partial charge in [0.1, 0.15) is 10.3 Å². The molecule has 0 saturated heterocycles. The monoisotopic (exact) mass is 832 g/mol. The number of carbonyl (C=O) groups is 1. The van der Waals surface area contributed by atoms with Gasteiger partial charge in [-0.05, 0) is 17.7 Å². The van der Waals surface area contributed by atoms with Gasteiger partial charge in [0.25, 0.3) is 0 Å². The minimum atomic E-state index is -2.56. The number of halogens is 5. The van der Waals surface area contributed by atoms with Gasteiger partial charge in [0.05, 0.1) is 10.0 Å². The average Bonchev–Trinajstić information content (AvgIpc) is 3.05. The molecule has 0 radical (unpaired) electrons. The smallest absolute Gasteiger partial charge is 0.298 e. The van der Waals surface area contributed by atoms with E-state index in [2.05, 4.69) is 130 Å². The van der Waals surface area contributed by atoms with Crippen molar-refractivity contribution in [2.24, 2.45) is 0 Å². The summed E-state index contributed by atoms with van der Waals surface area (Å²) in [5.41, 5.74) is 0.545. The molecule has 0 amide bonds. The molecule has 11 heteroatoms. The van der Waals surface area contributed by atoms with Crippen LogP contribution in [0.1, 0.15) is 44.1 Å². The summed E-state index contributed by atoms with van der Waals surface area (Å²) < 4.78 is 0. The molecule has 0 fully saturated rings. The molecule has 2 aromatic heterocycles. The third-order valence-corrected chi connectivity index (χ3v) is 15.8. The van der Waals surface area contributed by atoms with Crippen molar-refractivity contribution >= 4 is 95.5 Å². The first-order valence-corrected chi connectivity index (χ1v) is 20.1. The van der Waals surface area contributed by atoms with Crippen LogP contribution in [0, 0.1) is 0 Å². The normalized spacial score (nSPS) is 11.0. The second-order valence-electron chi connectivity index (χ2n) is 11.0. The number of rotatable bonds is 5. The predicted molar refractivity (Wildman–Crippen MR) is 210 cm³/mol. The Balaban J connectivity index is 0.000000691. The molecule has 0 saturated carbocycles. The van der Waals surface area contributed by atoms with Crippen LogP contribution in [0.4, 0.5) is 0 Å². The van der Waals surface area contributed by atoms with Gasteiger partial charge in [-0.3, -0.25) is 4.79 Å². The van der Waals surface area contributed by atoms with Crippen molar-refractivity contribution in [2.45, 2.75) is 33.8 Å². The van der Waals surface area contributed by atoms with E-state index in [-0.39, 0.29) is 64.0 Å². The molecule has 4 nitrogen and oxygen atoms in total. The molecule has 2 heterocycles. The number of aromatic nitrogens is 2. The Morgan fingerprint density at radius 1 is 0.708 bits per heavy atom. The maximum atomic E-state index is 10.1. The van der Waals surface area contributed by atoms with Crippen molar-refractivity contribution in [3.8, 4) is 0 Å². The molecule has 0 bridgehead atoms. The fraction of sp³-hybridized carbons (Fsp3) is 0.162. The molecule has 0 aliphatic heterocycles. The summed E-state index contributed by atoms with van der Waals surface area (Å²) in [5.74, 6) is 0. The standard InChI is InChI=1S/C19H18BrP.C7H5Cl2N.C6H3Cl2NO.C4H9O.CH4.K/c1-21(20,17-11-5-2-6-12-17,18-13-7-3-8-14-18)19-15-9-4-10-16-19;1-2-5-3-6(8)7(9)10-4-5;7-5-1-4(3-10)2-9-6(5)8;1-4(2,3)5;;/h2-16H,1H3;2-4H,1H2;1-3H;1-3H3;1H4;/q;;;-1;;+1. The largest absolute Gasteiger partial charge is 1.00 e. The van der Waals surface area contributed by atoms with Crippen LogP contribution >= 0.6 is 67.2 Å². The van der Waals surface area contributed by atoms with Gasteiger partial charge in [-0.2, -0.15) is 0 Å². The summed E-state index contributed by atoms with van der Waals surface area (Å²) in [6.07, 6.45) is 5.30. The van der Waals surface area contributed by atoms with Crippen molar-refractivity contribution in [1.29, 1.82) is 0 Å². The zero-order valence-corrected chi connectivity index (χ0v) is 35.5. The zero-order chi connectivity index (χ0) is 34.4. The number of hydrogen-bond acceptors (Lipinski definition) is 4. The van der Waals surface area contributed by atoms with Crippen LogP contribution < -0.4 is 72.4 Å². The topological polar surface area (TPSA) is 65.9 Å². The SMILES string of the molecule is C.C=Cc1cnc(Cl)c(Cl)c1.CC(C)(C)[O-].CP(Br)(c1ccccc1)(c1ccccc1)c1ccccc1.O=Cc1cnc(Cl)c(Cl)c1.[K+]. The first-order valence-electron chi connectivity index (χ1n) is 13.9. The van der Waals surface area contributed by atoms with Crippen LogP contribution in [-0.2, 0) is 0 Å². The number of benzene rings is 3. The van der Waals surface area contributed by atoms with E-state index in [0.29, 0.717) is 27.0 Å². The van der Waals surface area contributed by atoms with E-state index in [1.807, 2.05) is 0 Å². The second kappa shape index (κ2) is 22.1. The van der Waals surface area contributed by atoms with E-state index in [9.17, 15) is 9.90 Å². The van der Waals surface area contributed by atoms with E-state index < -0.39 is 10.9 Å². The second-order valence-corrected chi connectivity index (χ2v) is 22.2. The number of hydrogen-bond donors (Lipinski definition) is 0. The summed E-state index contributed by atoms with van der Waals surface area (Å²) in [7, 11) is 0. The van der Waals surface area contributed by atoms with Gasteiger partial charge < -0.3 is 5.11 Å². The third kappa shape index (κ3) is 14.7. The van der Waals surface area contributed by atoms with Crippen LogP contribution in [0.25, 0.3) is 6.08 Å². The number of nitrogens with zero attached hydrogens (tertiary/aromatic N) is 2. The van der Waals surface area contributed by atoms with E-state index >= 15 is 0 Å². The fourth-order valence-corrected chi connectivity index (χ4v) is 10.1. The molecular weight excluding hydrogens is 796 g/mol. The number of pyridine rings is 2. The summed E-state index contributed by atoms with van der Waals surface area (Å²) in [4.78, 5) is 17.6. The van der Waals surface area contributed by atoms with E-state index in [4.69, 9.17) is 46.4 Å². The Kier molecular flexibility index (Phi) is 21.6. The Labute approximate surface area is 356 Å². The maximum absolute atomic E-state index is 10.1. The number of carbonyl (C=O) groups excluding carboxylic acids is 1. The van der Waals surface area contributed by atoms with E-state index in [1.165, 1.54) is 28.2 Å². The van der Waals surface area contributed by atoms with Crippen LogP contribution in [0.15, 0.2) is 122 Å². The molecule has 0 aliphatic rings. The molecule has 0 unspecified atom stereocenters. The molecule has 0 N–H and O–H groups in total. The molecular formula is C37H39BrCl4KN2O2P. The molecule has 48 heavy (non-hydrogen) atoms. The van der Waals surface area contributed by atoms with Crippen LogP contribution in [0.3, 0.4) is 0 Å². The maximum Gasteiger partial charge on any atom is 1.00 e. The average molecular weight is 836 g/mol. The first kappa shape index (κ1) is 47.0. The summed E-state index contributed by atoms with van der Waals surface area (Å²) in [5, 5.41) is 12.9.